The highest BCUT2D eigenvalue weighted by molar-refractivity contribution is 6.62. The lowest BCUT2D eigenvalue weighted by Crippen LogP contribution is -2.34. The number of carboxylic acids is 1. The quantitative estimate of drug-likeness (QED) is 0.783. The summed E-state index contributed by atoms with van der Waals surface area (Å²) in [6.45, 7) is 7.49. The summed E-state index contributed by atoms with van der Waals surface area (Å²) in [5.41, 5.74) is 0.339. The fraction of sp³-hybridized carbons (Fsp3) is 0.250. The molecule has 1 N–H and O–H groups in total. The molecule has 0 bridgehead atoms. The summed E-state index contributed by atoms with van der Waals surface area (Å²) in [6.07, 6.45) is 0. The van der Waals surface area contributed by atoms with Crippen molar-refractivity contribution in [1.29, 1.82) is 0 Å². The van der Waals surface area contributed by atoms with E-state index in [1.165, 1.54) is 6.07 Å². The first-order chi connectivity index (χ1) is 7.90. The number of aromatic carboxylic acids is 1. The van der Waals surface area contributed by atoms with Gasteiger partial charge in [0, 0.05) is 0 Å². The third-order valence-electron chi connectivity index (χ3n) is 2.73. The molecule has 1 aromatic carbocycles. The Morgan fingerprint density at radius 3 is 2.71 bits per heavy atom. The van der Waals surface area contributed by atoms with Gasteiger partial charge in [-0.2, -0.15) is 0 Å². The molecular formula is C12H13BO4. The van der Waals surface area contributed by atoms with E-state index in [2.05, 4.69) is 6.58 Å². The van der Waals surface area contributed by atoms with E-state index in [-0.39, 0.29) is 5.56 Å². The summed E-state index contributed by atoms with van der Waals surface area (Å²) in [5, 5.41) is 8.91. The number of rotatable bonds is 2. The number of carboxylic acid groups (broad SMARTS) is 1. The lowest BCUT2D eigenvalue weighted by atomic mass is 9.78. The normalized spacial score (nSPS) is 18.0. The largest absolute Gasteiger partial charge is 0.563 e. The molecule has 0 unspecified atom stereocenters. The third-order valence-corrected chi connectivity index (χ3v) is 2.73. The van der Waals surface area contributed by atoms with Crippen molar-refractivity contribution < 1.29 is 19.2 Å². The molecule has 2 rings (SSSR count). The van der Waals surface area contributed by atoms with E-state index in [0.29, 0.717) is 11.2 Å². The molecule has 4 nitrogen and oxygen atoms in total. The van der Waals surface area contributed by atoms with Crippen LogP contribution in [0.5, 0.6) is 0 Å². The summed E-state index contributed by atoms with van der Waals surface area (Å²) >= 11 is 0. The van der Waals surface area contributed by atoms with Crippen molar-refractivity contribution in [3.8, 4) is 0 Å². The SMILES string of the molecule is C=C1OB(c2cccc(C(=O)O)c2)OC1(C)C. The molecule has 0 atom stereocenters. The fourth-order valence-corrected chi connectivity index (χ4v) is 1.58. The smallest absolute Gasteiger partial charge is 0.534 e. The van der Waals surface area contributed by atoms with Gasteiger partial charge in [0.25, 0.3) is 0 Å². The van der Waals surface area contributed by atoms with Gasteiger partial charge in [-0.3, -0.25) is 0 Å². The van der Waals surface area contributed by atoms with Gasteiger partial charge in [-0.25, -0.2) is 4.79 Å². The van der Waals surface area contributed by atoms with Crippen LogP contribution in [0.1, 0.15) is 24.2 Å². The highest BCUT2D eigenvalue weighted by atomic mass is 16.7. The third kappa shape index (κ3) is 2.19. The van der Waals surface area contributed by atoms with E-state index in [1.807, 2.05) is 13.8 Å². The van der Waals surface area contributed by atoms with Gasteiger partial charge in [0.1, 0.15) is 5.60 Å². The maximum atomic E-state index is 10.9. The molecule has 0 spiro atoms. The first kappa shape index (κ1) is 11.7. The summed E-state index contributed by atoms with van der Waals surface area (Å²) in [5.74, 6) is -0.425. The highest BCUT2D eigenvalue weighted by Crippen LogP contribution is 2.29. The van der Waals surface area contributed by atoms with Crippen molar-refractivity contribution in [1.82, 2.24) is 0 Å². The predicted molar refractivity (Wildman–Crippen MR) is 64.2 cm³/mol. The van der Waals surface area contributed by atoms with E-state index in [0.717, 1.165) is 0 Å². The van der Waals surface area contributed by atoms with Crippen molar-refractivity contribution in [2.24, 2.45) is 0 Å². The van der Waals surface area contributed by atoms with Gasteiger partial charge in [-0.15, -0.1) is 0 Å². The molecule has 88 valence electrons. The molecule has 1 aliphatic heterocycles. The maximum absolute atomic E-state index is 10.9. The van der Waals surface area contributed by atoms with Crippen LogP contribution < -0.4 is 5.46 Å². The maximum Gasteiger partial charge on any atom is 0.563 e. The molecule has 1 fully saturated rings. The Hall–Kier alpha value is -1.75. The Bertz CT molecular complexity index is 481. The van der Waals surface area contributed by atoms with Crippen LogP contribution in [0.25, 0.3) is 0 Å². The van der Waals surface area contributed by atoms with Gasteiger partial charge in [0.15, 0.2) is 0 Å². The minimum Gasteiger partial charge on any atom is -0.534 e. The van der Waals surface area contributed by atoms with E-state index in [1.54, 1.807) is 18.2 Å². The molecule has 0 radical (unpaired) electrons. The molecule has 0 amide bonds. The minimum absolute atomic E-state index is 0.213. The van der Waals surface area contributed by atoms with Crippen LogP contribution in [0.2, 0.25) is 0 Å². The molecule has 1 aliphatic rings. The highest BCUT2D eigenvalue weighted by Gasteiger charge is 2.42. The van der Waals surface area contributed by atoms with Crippen LogP contribution in [0.4, 0.5) is 0 Å². The first-order valence-electron chi connectivity index (χ1n) is 5.27. The number of hydrogen-bond acceptors (Lipinski definition) is 3. The Morgan fingerprint density at radius 2 is 2.18 bits per heavy atom. The number of benzene rings is 1. The van der Waals surface area contributed by atoms with Crippen LogP contribution in [-0.2, 0) is 9.31 Å². The Labute approximate surface area is 100 Å². The average molecular weight is 232 g/mol. The van der Waals surface area contributed by atoms with E-state index >= 15 is 0 Å². The lowest BCUT2D eigenvalue weighted by molar-refractivity contribution is 0.0697. The summed E-state index contributed by atoms with van der Waals surface area (Å²) < 4.78 is 11.2. The van der Waals surface area contributed by atoms with Gasteiger partial charge in [0.2, 0.25) is 0 Å². The molecule has 1 heterocycles. The van der Waals surface area contributed by atoms with Crippen LogP contribution in [0.3, 0.4) is 0 Å². The zero-order chi connectivity index (χ0) is 12.6. The zero-order valence-electron chi connectivity index (χ0n) is 9.77. The van der Waals surface area contributed by atoms with Crippen LogP contribution in [-0.4, -0.2) is 23.8 Å². The molecule has 1 aromatic rings. The van der Waals surface area contributed by atoms with E-state index in [9.17, 15) is 4.79 Å². The van der Waals surface area contributed by atoms with Gasteiger partial charge < -0.3 is 14.4 Å². The Morgan fingerprint density at radius 1 is 1.47 bits per heavy atom. The summed E-state index contributed by atoms with van der Waals surface area (Å²) in [7, 11) is -0.586. The molecule has 0 saturated carbocycles. The monoisotopic (exact) mass is 232 g/mol. The summed E-state index contributed by atoms with van der Waals surface area (Å²) in [4.78, 5) is 10.9. The second-order valence-electron chi connectivity index (χ2n) is 4.43. The van der Waals surface area contributed by atoms with E-state index < -0.39 is 18.7 Å². The molecule has 1 saturated heterocycles. The van der Waals surface area contributed by atoms with Gasteiger partial charge in [-0.1, -0.05) is 18.7 Å². The molecule has 0 aromatic heterocycles. The van der Waals surface area contributed by atoms with Crippen molar-refractivity contribution in [3.05, 3.63) is 42.2 Å². The molecular weight excluding hydrogens is 219 g/mol. The Balaban J connectivity index is 2.28. The fourth-order valence-electron chi connectivity index (χ4n) is 1.58. The minimum atomic E-state index is -0.970. The number of hydrogen-bond donors (Lipinski definition) is 1. The van der Waals surface area contributed by atoms with Gasteiger partial charge in [-0.05, 0) is 31.4 Å². The standard InChI is InChI=1S/C12H13BO4/c1-8-12(2,3)17-13(16-8)10-6-4-5-9(7-10)11(14)15/h4-7H,1H2,2-3H3,(H,14,15). The van der Waals surface area contributed by atoms with E-state index in [4.69, 9.17) is 14.4 Å². The van der Waals surface area contributed by atoms with Crippen LogP contribution in [0, 0.1) is 0 Å². The Kier molecular flexibility index (Phi) is 2.71. The van der Waals surface area contributed by atoms with Crippen molar-refractivity contribution in [2.75, 3.05) is 0 Å². The number of carbonyl (C=O) groups is 1. The average Bonchev–Trinajstić information content (AvgIpc) is 2.54. The second kappa shape index (κ2) is 3.93. The van der Waals surface area contributed by atoms with Crippen LogP contribution >= 0.6 is 0 Å². The molecule has 0 aliphatic carbocycles. The predicted octanol–water partition coefficient (Wildman–Crippen LogP) is 1.42. The van der Waals surface area contributed by atoms with Crippen molar-refractivity contribution in [3.63, 3.8) is 0 Å². The van der Waals surface area contributed by atoms with Crippen molar-refractivity contribution >= 4 is 18.6 Å². The molecule has 5 heteroatoms. The van der Waals surface area contributed by atoms with Gasteiger partial charge in [0.05, 0.1) is 11.3 Å². The first-order valence-corrected chi connectivity index (χ1v) is 5.27. The topological polar surface area (TPSA) is 55.8 Å². The van der Waals surface area contributed by atoms with Gasteiger partial charge >= 0.3 is 13.1 Å². The van der Waals surface area contributed by atoms with Crippen molar-refractivity contribution in [2.45, 2.75) is 19.4 Å². The lowest BCUT2D eigenvalue weighted by Gasteiger charge is -2.15. The second-order valence-corrected chi connectivity index (χ2v) is 4.43. The van der Waals surface area contributed by atoms with Crippen LogP contribution in [0.15, 0.2) is 36.6 Å². The summed E-state index contributed by atoms with van der Waals surface area (Å²) in [6, 6.07) is 6.51. The zero-order valence-corrected chi connectivity index (χ0v) is 9.77. The molecule has 17 heavy (non-hydrogen) atoms.